The zero-order valence-corrected chi connectivity index (χ0v) is 13.9. The molecule has 1 rings (SSSR count). The van der Waals surface area contributed by atoms with Crippen LogP contribution in [0, 0.1) is 0 Å². The Kier molecular flexibility index (Phi) is 8.09. The molecule has 0 saturated carbocycles. The number of hydrogen-bond donors (Lipinski definition) is 0. The van der Waals surface area contributed by atoms with E-state index in [1.165, 1.54) is 14.2 Å². The minimum atomic E-state index is -0.402. The molecule has 0 aromatic heterocycles. The van der Waals surface area contributed by atoms with E-state index >= 15 is 0 Å². The van der Waals surface area contributed by atoms with Gasteiger partial charge in [0.1, 0.15) is 0 Å². The van der Waals surface area contributed by atoms with Crippen LogP contribution < -0.4 is 9.47 Å². The molecule has 0 aliphatic carbocycles. The Labute approximate surface area is 127 Å². The summed E-state index contributed by atoms with van der Waals surface area (Å²) in [6, 6.07) is 4.95. The fraction of sp³-hybridized carbons (Fsp3) is 0.417. The lowest BCUT2D eigenvalue weighted by molar-refractivity contribution is 0.0600. The van der Waals surface area contributed by atoms with Crippen molar-refractivity contribution >= 4 is 34.5 Å². The summed E-state index contributed by atoms with van der Waals surface area (Å²) in [5.41, 5.74) is 0.432. The lowest BCUT2D eigenvalue weighted by Crippen LogP contribution is -2.04. The summed E-state index contributed by atoms with van der Waals surface area (Å²) in [6.45, 7) is 1.67. The Morgan fingerprint density at radius 3 is 2.68 bits per heavy atom. The van der Waals surface area contributed by atoms with Crippen molar-refractivity contribution in [2.75, 3.05) is 27.4 Å². The van der Waals surface area contributed by atoms with Crippen molar-refractivity contribution in [2.24, 2.45) is 0 Å². The fourth-order valence-electron chi connectivity index (χ4n) is 1.38. The third-order valence-electron chi connectivity index (χ3n) is 2.29. The van der Waals surface area contributed by atoms with Crippen LogP contribution in [0.1, 0.15) is 16.8 Å². The first-order valence-corrected chi connectivity index (χ1v) is 9.61. The molecule has 0 bridgehead atoms. The number of esters is 1. The number of rotatable bonds is 8. The van der Waals surface area contributed by atoms with Crippen LogP contribution in [-0.4, -0.2) is 33.4 Å². The van der Waals surface area contributed by atoms with Gasteiger partial charge in [-0.15, -0.1) is 0 Å². The van der Waals surface area contributed by atoms with E-state index in [1.807, 2.05) is 0 Å². The van der Waals surface area contributed by atoms with Crippen LogP contribution in [0.4, 0.5) is 0 Å². The van der Waals surface area contributed by atoms with Crippen molar-refractivity contribution in [3.05, 3.63) is 23.8 Å². The molecule has 1 atom stereocenters. The van der Waals surface area contributed by atoms with Crippen LogP contribution in [-0.2, 0) is 9.26 Å². The second-order valence-electron chi connectivity index (χ2n) is 3.48. The predicted molar refractivity (Wildman–Crippen MR) is 82.7 cm³/mol. The summed E-state index contributed by atoms with van der Waals surface area (Å²) in [5.74, 6) is 0.716. The average Bonchev–Trinajstić information content (AvgIpc) is 2.46. The van der Waals surface area contributed by atoms with Crippen molar-refractivity contribution in [1.29, 1.82) is 0 Å². The zero-order valence-electron chi connectivity index (χ0n) is 10.8. The summed E-state index contributed by atoms with van der Waals surface area (Å²) in [6.07, 6.45) is 0.803. The molecular formula is C12H16IO5P. The predicted octanol–water partition coefficient (Wildman–Crippen LogP) is 3.21. The lowest BCUT2D eigenvalue weighted by Gasteiger charge is -2.11. The largest absolute Gasteiger partial charge is 0.493 e. The van der Waals surface area contributed by atoms with Crippen LogP contribution in [0.3, 0.4) is 0 Å². The van der Waals surface area contributed by atoms with Gasteiger partial charge in [-0.1, -0.05) is 0 Å². The Hall–Kier alpha value is -0.590. The second kappa shape index (κ2) is 9.34. The molecule has 0 heterocycles. The van der Waals surface area contributed by atoms with E-state index in [2.05, 4.69) is 26.8 Å². The summed E-state index contributed by atoms with van der Waals surface area (Å²) in [5, 5.41) is 0. The molecule has 1 aromatic carbocycles. The van der Waals surface area contributed by atoms with Crippen LogP contribution in [0.25, 0.3) is 0 Å². The van der Waals surface area contributed by atoms with Gasteiger partial charge < -0.3 is 18.7 Å². The molecule has 1 aromatic rings. The Morgan fingerprint density at radius 1 is 1.26 bits per heavy atom. The molecule has 5 nitrogen and oxygen atoms in total. The van der Waals surface area contributed by atoms with Crippen molar-refractivity contribution in [3.63, 3.8) is 0 Å². The van der Waals surface area contributed by atoms with Gasteiger partial charge in [-0.25, -0.2) is 4.79 Å². The fourth-order valence-corrected chi connectivity index (χ4v) is 2.27. The molecule has 0 spiro atoms. The van der Waals surface area contributed by atoms with Crippen molar-refractivity contribution in [1.82, 2.24) is 0 Å². The summed E-state index contributed by atoms with van der Waals surface area (Å²) in [7, 11) is 2.87. The number of ether oxygens (including phenoxy) is 3. The highest BCUT2D eigenvalue weighted by atomic mass is 127. The average molecular weight is 398 g/mol. The number of benzene rings is 1. The number of methoxy groups -OCH3 is 2. The summed E-state index contributed by atoms with van der Waals surface area (Å²) >= 11 is 2.18. The molecular weight excluding hydrogens is 382 g/mol. The monoisotopic (exact) mass is 398 g/mol. The van der Waals surface area contributed by atoms with Crippen molar-refractivity contribution in [2.45, 2.75) is 6.42 Å². The van der Waals surface area contributed by atoms with Crippen LogP contribution in [0.2, 0.25) is 0 Å². The minimum absolute atomic E-state index is 0.402. The number of hydrogen-bond acceptors (Lipinski definition) is 5. The van der Waals surface area contributed by atoms with Gasteiger partial charge in [0.05, 0.1) is 39.4 Å². The Bertz CT molecular complexity index is 413. The van der Waals surface area contributed by atoms with Crippen molar-refractivity contribution in [3.8, 4) is 11.5 Å². The number of carbonyl (C=O) groups is 1. The molecule has 106 valence electrons. The Morgan fingerprint density at radius 2 is 2.05 bits per heavy atom. The molecule has 0 fully saturated rings. The molecule has 0 aliphatic rings. The highest BCUT2D eigenvalue weighted by Gasteiger charge is 2.11. The standard InChI is InChI=1S/C12H16IO5P/c1-15-11-8-9(12(14)16-2)4-5-10(11)17-6-3-7-18-19-13/h4-5,8,19H,3,6-7H2,1-2H3. The van der Waals surface area contributed by atoms with Gasteiger partial charge >= 0.3 is 5.97 Å². The molecule has 0 saturated heterocycles. The van der Waals surface area contributed by atoms with E-state index in [4.69, 9.17) is 14.0 Å². The first-order chi connectivity index (χ1) is 9.22. The first kappa shape index (κ1) is 16.5. The first-order valence-electron chi connectivity index (χ1n) is 5.59. The number of carbonyl (C=O) groups excluding carboxylic acids is 1. The van der Waals surface area contributed by atoms with Gasteiger partial charge in [-0.2, -0.15) is 0 Å². The SMILES string of the molecule is COC(=O)c1ccc(OCCCOPI)c(OC)c1. The molecule has 0 N–H and O–H groups in total. The Balaban J connectivity index is 2.60. The zero-order chi connectivity index (χ0) is 14.1. The van der Waals surface area contributed by atoms with Crippen LogP contribution in [0.15, 0.2) is 18.2 Å². The highest BCUT2D eigenvalue weighted by molar-refractivity contribution is 14.2. The van der Waals surface area contributed by atoms with E-state index in [1.54, 1.807) is 18.2 Å². The van der Waals surface area contributed by atoms with Gasteiger partial charge in [-0.3, -0.25) is 0 Å². The summed E-state index contributed by atoms with van der Waals surface area (Å²) < 4.78 is 20.7. The molecule has 7 heteroatoms. The van der Waals surface area contributed by atoms with E-state index in [9.17, 15) is 4.79 Å². The quantitative estimate of drug-likeness (QED) is 0.291. The van der Waals surface area contributed by atoms with Crippen LogP contribution >= 0.6 is 28.5 Å². The normalized spacial score (nSPS) is 10.7. The maximum atomic E-state index is 11.4. The van der Waals surface area contributed by atoms with E-state index in [0.29, 0.717) is 36.7 Å². The smallest absolute Gasteiger partial charge is 0.337 e. The topological polar surface area (TPSA) is 54.0 Å². The van der Waals surface area contributed by atoms with E-state index in [-0.39, 0.29) is 0 Å². The van der Waals surface area contributed by atoms with Gasteiger partial charge in [0.25, 0.3) is 0 Å². The second-order valence-corrected chi connectivity index (χ2v) is 5.25. The number of halogens is 1. The summed E-state index contributed by atoms with van der Waals surface area (Å²) in [4.78, 5) is 11.4. The van der Waals surface area contributed by atoms with Gasteiger partial charge in [0.15, 0.2) is 11.5 Å². The maximum absolute atomic E-state index is 11.4. The molecule has 0 radical (unpaired) electrons. The minimum Gasteiger partial charge on any atom is -0.493 e. The van der Waals surface area contributed by atoms with Gasteiger partial charge in [0, 0.05) is 6.42 Å². The third kappa shape index (κ3) is 5.50. The highest BCUT2D eigenvalue weighted by Crippen LogP contribution is 2.28. The molecule has 0 aliphatic heterocycles. The van der Waals surface area contributed by atoms with E-state index in [0.717, 1.165) is 6.42 Å². The van der Waals surface area contributed by atoms with Gasteiger partial charge in [0.2, 0.25) is 0 Å². The molecule has 0 amide bonds. The lowest BCUT2D eigenvalue weighted by atomic mass is 10.2. The van der Waals surface area contributed by atoms with Crippen molar-refractivity contribution < 1.29 is 23.5 Å². The van der Waals surface area contributed by atoms with Gasteiger partial charge in [-0.05, 0) is 40.2 Å². The molecule has 1 unspecified atom stereocenters. The van der Waals surface area contributed by atoms with E-state index < -0.39 is 5.97 Å². The maximum Gasteiger partial charge on any atom is 0.337 e. The molecule has 19 heavy (non-hydrogen) atoms. The third-order valence-corrected chi connectivity index (χ3v) is 3.54. The van der Waals surface area contributed by atoms with Crippen LogP contribution in [0.5, 0.6) is 11.5 Å².